The topological polar surface area (TPSA) is 73.2 Å². The van der Waals surface area contributed by atoms with E-state index in [0.29, 0.717) is 12.1 Å². The number of rotatable bonds is 3. The number of hydrogen-bond donors (Lipinski definition) is 1. The van der Waals surface area contributed by atoms with Crippen molar-refractivity contribution in [1.82, 2.24) is 14.9 Å². The molecule has 0 spiro atoms. The average Bonchev–Trinajstić information content (AvgIpc) is 2.66. The molecule has 6 nitrogen and oxygen atoms in total. The van der Waals surface area contributed by atoms with Crippen LogP contribution in [0, 0.1) is 0 Å². The highest BCUT2D eigenvalue weighted by Crippen LogP contribution is 2.13. The zero-order valence-corrected chi connectivity index (χ0v) is 10.4. The van der Waals surface area contributed by atoms with Gasteiger partial charge in [-0.05, 0) is 27.8 Å². The average molecular weight is 239 g/mol. The van der Waals surface area contributed by atoms with Gasteiger partial charge in [0.1, 0.15) is 23.8 Å². The second-order valence-electron chi connectivity index (χ2n) is 4.54. The third kappa shape index (κ3) is 3.39. The minimum Gasteiger partial charge on any atom is -0.443 e. The second-order valence-corrected chi connectivity index (χ2v) is 4.54. The zero-order valence-electron chi connectivity index (χ0n) is 10.4. The van der Waals surface area contributed by atoms with E-state index >= 15 is 0 Å². The lowest BCUT2D eigenvalue weighted by Gasteiger charge is -2.20. The van der Waals surface area contributed by atoms with Gasteiger partial charge in [0.2, 0.25) is 0 Å². The fraction of sp³-hybridized carbons (Fsp3) is 0.545. The van der Waals surface area contributed by atoms with Gasteiger partial charge in [-0.15, -0.1) is 0 Å². The normalized spacial score (nSPS) is 13.2. The van der Waals surface area contributed by atoms with Crippen molar-refractivity contribution in [3.63, 3.8) is 0 Å². The maximum Gasteiger partial charge on any atom is 0.420 e. The number of imidazole rings is 1. The van der Waals surface area contributed by atoms with Crippen molar-refractivity contribution in [1.29, 1.82) is 0 Å². The molecule has 1 heterocycles. The zero-order chi connectivity index (χ0) is 13.1. The molecule has 17 heavy (non-hydrogen) atoms. The fourth-order valence-electron chi connectivity index (χ4n) is 1.27. The Kier molecular flexibility index (Phi) is 4.01. The summed E-state index contributed by atoms with van der Waals surface area (Å²) in [6.45, 7) is 5.32. The first-order valence-electron chi connectivity index (χ1n) is 5.28. The van der Waals surface area contributed by atoms with Gasteiger partial charge >= 0.3 is 6.09 Å². The van der Waals surface area contributed by atoms with E-state index in [1.54, 1.807) is 27.8 Å². The van der Waals surface area contributed by atoms with Gasteiger partial charge in [0.15, 0.2) is 0 Å². The highest BCUT2D eigenvalue weighted by molar-refractivity contribution is 5.73. The minimum absolute atomic E-state index is 0.316. The van der Waals surface area contributed by atoms with E-state index in [0.717, 1.165) is 0 Å². The van der Waals surface area contributed by atoms with Crippen LogP contribution in [0.1, 0.15) is 32.6 Å². The fourth-order valence-corrected chi connectivity index (χ4v) is 1.27. The molecule has 0 aromatic carbocycles. The Morgan fingerprint density at radius 2 is 2.24 bits per heavy atom. The smallest absolute Gasteiger partial charge is 0.420 e. The van der Waals surface area contributed by atoms with Crippen molar-refractivity contribution in [2.45, 2.75) is 32.4 Å². The van der Waals surface area contributed by atoms with Gasteiger partial charge in [-0.3, -0.25) is 0 Å². The van der Waals surface area contributed by atoms with E-state index in [4.69, 9.17) is 4.74 Å². The Balaban J connectivity index is 2.96. The van der Waals surface area contributed by atoms with Crippen molar-refractivity contribution in [2.24, 2.45) is 0 Å². The molecule has 0 saturated carbocycles. The first kappa shape index (κ1) is 13.4. The summed E-state index contributed by atoms with van der Waals surface area (Å²) >= 11 is 0. The number of aldehydes is 1. The molecule has 6 heteroatoms. The monoisotopic (exact) mass is 239 g/mol. The maximum atomic E-state index is 11.8. The van der Waals surface area contributed by atoms with Gasteiger partial charge < -0.3 is 14.8 Å². The van der Waals surface area contributed by atoms with Crippen molar-refractivity contribution < 1.29 is 14.3 Å². The summed E-state index contributed by atoms with van der Waals surface area (Å²) in [4.78, 5) is 26.6. The van der Waals surface area contributed by atoms with Gasteiger partial charge in [0.05, 0.1) is 0 Å². The Morgan fingerprint density at radius 3 is 2.71 bits per heavy atom. The van der Waals surface area contributed by atoms with Crippen molar-refractivity contribution in [3.05, 3.63) is 18.2 Å². The van der Waals surface area contributed by atoms with Crippen molar-refractivity contribution >= 4 is 12.4 Å². The van der Waals surface area contributed by atoms with Crippen LogP contribution in [-0.4, -0.2) is 34.6 Å². The number of nitrogens with zero attached hydrogens (tertiary/aromatic N) is 2. The molecule has 0 amide bonds. The Morgan fingerprint density at radius 1 is 1.59 bits per heavy atom. The van der Waals surface area contributed by atoms with Gasteiger partial charge in [-0.1, -0.05) is 0 Å². The number of hydrogen-bond acceptors (Lipinski definition) is 5. The van der Waals surface area contributed by atoms with Gasteiger partial charge in [0.25, 0.3) is 0 Å². The standard InChI is InChI=1S/C11H17N3O3/c1-11(2,3)17-10(16)14-6-5-13-9(14)8(7-15)12-4/h5-8,12H,1-4H3. The highest BCUT2D eigenvalue weighted by Gasteiger charge is 2.22. The largest absolute Gasteiger partial charge is 0.443 e. The van der Waals surface area contributed by atoms with Crippen LogP contribution in [0.2, 0.25) is 0 Å². The number of carbonyl (C=O) groups excluding carboxylic acids is 2. The molecule has 0 saturated heterocycles. The number of aromatic nitrogens is 2. The van der Waals surface area contributed by atoms with Crippen LogP contribution in [0.25, 0.3) is 0 Å². The molecule has 94 valence electrons. The summed E-state index contributed by atoms with van der Waals surface area (Å²) < 4.78 is 6.43. The van der Waals surface area contributed by atoms with Crippen LogP contribution in [0.5, 0.6) is 0 Å². The molecule has 1 unspecified atom stereocenters. The second kappa shape index (κ2) is 5.09. The summed E-state index contributed by atoms with van der Waals surface area (Å²) in [5.74, 6) is 0.316. The highest BCUT2D eigenvalue weighted by atomic mass is 16.6. The Labute approximate surface area is 100.0 Å². The van der Waals surface area contributed by atoms with Gasteiger partial charge in [-0.2, -0.15) is 0 Å². The van der Waals surface area contributed by atoms with Crippen LogP contribution in [0.15, 0.2) is 12.4 Å². The summed E-state index contributed by atoms with van der Waals surface area (Å²) in [7, 11) is 1.62. The number of ether oxygens (including phenoxy) is 1. The summed E-state index contributed by atoms with van der Waals surface area (Å²) in [6.07, 6.45) is 3.06. The maximum absolute atomic E-state index is 11.8. The third-order valence-electron chi connectivity index (χ3n) is 1.98. The van der Waals surface area contributed by atoms with Crippen molar-refractivity contribution in [2.75, 3.05) is 7.05 Å². The SMILES string of the molecule is CNC(C=O)c1nccn1C(=O)OC(C)(C)C. The van der Waals surface area contributed by atoms with Crippen molar-refractivity contribution in [3.8, 4) is 0 Å². The molecule has 1 aromatic rings. The first-order valence-corrected chi connectivity index (χ1v) is 5.28. The predicted octanol–water partition coefficient (Wildman–Crippen LogP) is 1.13. The van der Waals surface area contributed by atoms with Crippen LogP contribution < -0.4 is 5.32 Å². The minimum atomic E-state index is -0.627. The molecule has 0 aliphatic rings. The first-order chi connectivity index (χ1) is 7.89. The molecule has 1 aromatic heterocycles. The summed E-state index contributed by atoms with van der Waals surface area (Å²) in [5.41, 5.74) is -0.588. The van der Waals surface area contributed by atoms with E-state index in [1.807, 2.05) is 0 Å². The molecule has 1 rings (SSSR count). The van der Waals surface area contributed by atoms with Crippen LogP contribution in [-0.2, 0) is 9.53 Å². The predicted molar refractivity (Wildman–Crippen MR) is 61.7 cm³/mol. The molecule has 0 aliphatic carbocycles. The van der Waals surface area contributed by atoms with Crippen LogP contribution in [0.3, 0.4) is 0 Å². The van der Waals surface area contributed by atoms with E-state index in [-0.39, 0.29) is 0 Å². The lowest BCUT2D eigenvalue weighted by atomic mass is 10.2. The summed E-state index contributed by atoms with van der Waals surface area (Å²) in [5, 5.41) is 2.75. The molecule has 0 fully saturated rings. The molecule has 0 bridgehead atoms. The Hall–Kier alpha value is -1.69. The molecular weight excluding hydrogens is 222 g/mol. The molecular formula is C11H17N3O3. The number of carbonyl (C=O) groups is 2. The van der Waals surface area contributed by atoms with E-state index in [1.165, 1.54) is 17.0 Å². The van der Waals surface area contributed by atoms with Crippen LogP contribution >= 0.6 is 0 Å². The lowest BCUT2D eigenvalue weighted by Crippen LogP contribution is -2.30. The quantitative estimate of drug-likeness (QED) is 0.800. The number of likely N-dealkylation sites (N-methyl/N-ethyl adjacent to an activating group) is 1. The molecule has 0 radical (unpaired) electrons. The van der Waals surface area contributed by atoms with Gasteiger partial charge in [0, 0.05) is 12.4 Å². The van der Waals surface area contributed by atoms with Crippen LogP contribution in [0.4, 0.5) is 4.79 Å². The van der Waals surface area contributed by atoms with Gasteiger partial charge in [-0.25, -0.2) is 14.3 Å². The lowest BCUT2D eigenvalue weighted by molar-refractivity contribution is -0.109. The van der Waals surface area contributed by atoms with E-state index in [9.17, 15) is 9.59 Å². The van der Waals surface area contributed by atoms with E-state index in [2.05, 4.69) is 10.3 Å². The molecule has 1 N–H and O–H groups in total. The number of nitrogens with one attached hydrogen (secondary N) is 1. The molecule has 1 atom stereocenters. The third-order valence-corrected chi connectivity index (χ3v) is 1.98. The summed E-state index contributed by atoms with van der Waals surface area (Å²) in [6, 6.07) is -0.627. The molecule has 0 aliphatic heterocycles. The van der Waals surface area contributed by atoms with E-state index < -0.39 is 17.7 Å². The Bertz CT molecular complexity index is 406.